The van der Waals surface area contributed by atoms with Crippen molar-refractivity contribution in [1.82, 2.24) is 0 Å². The molecule has 0 atom stereocenters. The summed E-state index contributed by atoms with van der Waals surface area (Å²) in [5.74, 6) is 0. The van der Waals surface area contributed by atoms with Crippen LogP contribution in [0.15, 0.2) is 78.9 Å². The average Bonchev–Trinajstić information content (AvgIpc) is 3.20. The van der Waals surface area contributed by atoms with Crippen molar-refractivity contribution in [2.45, 2.75) is 26.2 Å². The fourth-order valence-corrected chi connectivity index (χ4v) is 2.13. The number of rotatable bonds is 4. The number of benzene rings is 1. The van der Waals surface area contributed by atoms with E-state index in [1.54, 1.807) is 0 Å². The summed E-state index contributed by atoms with van der Waals surface area (Å²) in [5, 5.41) is 0. The molecular weight excluding hydrogens is 296 g/mol. The van der Waals surface area contributed by atoms with Crippen LogP contribution in [0.1, 0.15) is 25.3 Å². The molecule has 3 rings (SSSR count). The van der Waals surface area contributed by atoms with Gasteiger partial charge in [0.25, 0.3) is 0 Å². The standard InChI is InChI=1S/C15H17.C5H5.Fe/c1-2-3-6-13-9-11-15(12-10-13)14-7-4-5-8-14;1-2-4-5-3-1;/h4-5,7-12H,2-3,6H2,1H3;1-5H;/q2*-1;+2. The first-order valence-electron chi connectivity index (χ1n) is 7.38. The molecule has 0 aliphatic carbocycles. The summed E-state index contributed by atoms with van der Waals surface area (Å²) in [6.07, 6.45) is 3.76. The summed E-state index contributed by atoms with van der Waals surface area (Å²) >= 11 is 0. The fraction of sp³-hybridized carbons (Fsp3) is 0.200. The Bertz CT molecular complexity index is 527. The van der Waals surface area contributed by atoms with Gasteiger partial charge >= 0.3 is 17.1 Å². The topological polar surface area (TPSA) is 0 Å². The van der Waals surface area contributed by atoms with Crippen LogP contribution >= 0.6 is 0 Å². The van der Waals surface area contributed by atoms with Crippen molar-refractivity contribution in [1.29, 1.82) is 0 Å². The normalized spacial score (nSPS) is 9.38. The first-order chi connectivity index (χ1) is 9.90. The minimum Gasteiger partial charge on any atom is -0.214 e. The largest absolute Gasteiger partial charge is 2.00 e. The molecule has 0 aromatic heterocycles. The summed E-state index contributed by atoms with van der Waals surface area (Å²) in [7, 11) is 0. The van der Waals surface area contributed by atoms with Crippen molar-refractivity contribution in [3.63, 3.8) is 0 Å². The summed E-state index contributed by atoms with van der Waals surface area (Å²) in [4.78, 5) is 0. The van der Waals surface area contributed by atoms with E-state index in [1.807, 2.05) is 30.3 Å². The quantitative estimate of drug-likeness (QED) is 0.420. The van der Waals surface area contributed by atoms with E-state index in [0.29, 0.717) is 0 Å². The van der Waals surface area contributed by atoms with Crippen molar-refractivity contribution >= 4 is 0 Å². The zero-order chi connectivity index (χ0) is 14.0. The van der Waals surface area contributed by atoms with Gasteiger partial charge in [0.2, 0.25) is 0 Å². The maximum absolute atomic E-state index is 2.25. The summed E-state index contributed by atoms with van der Waals surface area (Å²) < 4.78 is 0. The first kappa shape index (κ1) is 17.5. The predicted molar refractivity (Wildman–Crippen MR) is 88.1 cm³/mol. The number of aryl methyl sites for hydroxylation is 1. The van der Waals surface area contributed by atoms with Gasteiger partial charge in [-0.3, -0.25) is 0 Å². The van der Waals surface area contributed by atoms with E-state index in [1.165, 1.54) is 36.0 Å². The Labute approximate surface area is 139 Å². The average molecular weight is 318 g/mol. The predicted octanol–water partition coefficient (Wildman–Crippen LogP) is 5.82. The van der Waals surface area contributed by atoms with E-state index in [-0.39, 0.29) is 17.1 Å². The van der Waals surface area contributed by atoms with E-state index in [0.717, 1.165) is 0 Å². The number of hydrogen-bond acceptors (Lipinski definition) is 0. The van der Waals surface area contributed by atoms with Crippen LogP contribution in [0.25, 0.3) is 11.1 Å². The van der Waals surface area contributed by atoms with E-state index >= 15 is 0 Å². The van der Waals surface area contributed by atoms with Crippen molar-refractivity contribution in [2.75, 3.05) is 0 Å². The molecule has 0 radical (unpaired) electrons. The number of unbranched alkanes of at least 4 members (excludes halogenated alkanes) is 1. The van der Waals surface area contributed by atoms with Gasteiger partial charge in [-0.25, -0.2) is 12.1 Å². The molecule has 3 aromatic rings. The molecule has 21 heavy (non-hydrogen) atoms. The van der Waals surface area contributed by atoms with Crippen molar-refractivity contribution in [2.24, 2.45) is 0 Å². The second kappa shape index (κ2) is 10.2. The van der Waals surface area contributed by atoms with E-state index in [9.17, 15) is 0 Å². The van der Waals surface area contributed by atoms with Crippen LogP contribution in [0.4, 0.5) is 0 Å². The van der Waals surface area contributed by atoms with Crippen LogP contribution in [-0.4, -0.2) is 0 Å². The van der Waals surface area contributed by atoms with Crippen LogP contribution in [0.5, 0.6) is 0 Å². The van der Waals surface area contributed by atoms with Crippen molar-refractivity contribution in [3.8, 4) is 11.1 Å². The van der Waals surface area contributed by atoms with Gasteiger partial charge in [-0.05, 0) is 18.4 Å². The molecule has 3 aromatic carbocycles. The Balaban J connectivity index is 0.000000313. The van der Waals surface area contributed by atoms with Gasteiger partial charge in [0.05, 0.1) is 0 Å². The minimum atomic E-state index is 0. The Morgan fingerprint density at radius 2 is 1.57 bits per heavy atom. The van der Waals surface area contributed by atoms with Crippen molar-refractivity contribution in [3.05, 3.63) is 84.4 Å². The third-order valence-electron chi connectivity index (χ3n) is 3.32. The van der Waals surface area contributed by atoms with Gasteiger partial charge in [-0.15, -0.1) is 11.6 Å². The number of hydrogen-bond donors (Lipinski definition) is 0. The summed E-state index contributed by atoms with van der Waals surface area (Å²) in [5.41, 5.74) is 4.09. The molecule has 0 fully saturated rings. The second-order valence-electron chi connectivity index (χ2n) is 4.94. The molecule has 0 unspecified atom stereocenters. The smallest absolute Gasteiger partial charge is 0.214 e. The Kier molecular flexibility index (Phi) is 8.50. The third-order valence-corrected chi connectivity index (χ3v) is 3.32. The third kappa shape index (κ3) is 6.16. The molecule has 0 saturated carbocycles. The first-order valence-corrected chi connectivity index (χ1v) is 7.38. The fourth-order valence-electron chi connectivity index (χ4n) is 2.13. The van der Waals surface area contributed by atoms with Gasteiger partial charge in [-0.2, -0.15) is 42.0 Å². The molecule has 0 aliphatic rings. The second-order valence-corrected chi connectivity index (χ2v) is 4.94. The maximum Gasteiger partial charge on any atom is 2.00 e. The molecule has 0 aliphatic heterocycles. The zero-order valence-electron chi connectivity index (χ0n) is 12.5. The zero-order valence-corrected chi connectivity index (χ0v) is 13.6. The van der Waals surface area contributed by atoms with Gasteiger partial charge in [0.15, 0.2) is 0 Å². The molecular formula is C20H22Fe. The molecule has 1 heteroatoms. The summed E-state index contributed by atoms with van der Waals surface area (Å²) in [6, 6.07) is 27.4. The van der Waals surface area contributed by atoms with E-state index in [2.05, 4.69) is 55.5 Å². The molecule has 0 heterocycles. The molecule has 110 valence electrons. The molecule has 0 bridgehead atoms. The Hall–Kier alpha value is -1.56. The van der Waals surface area contributed by atoms with Crippen LogP contribution in [0, 0.1) is 0 Å². The van der Waals surface area contributed by atoms with Gasteiger partial charge in [0.1, 0.15) is 0 Å². The summed E-state index contributed by atoms with van der Waals surface area (Å²) in [6.45, 7) is 2.23. The van der Waals surface area contributed by atoms with E-state index < -0.39 is 0 Å². The molecule has 0 amide bonds. The SMILES string of the molecule is CCCCc1ccc(-c2ccc[cH-]2)cc1.[Fe+2].c1cc[cH-]c1. The van der Waals surface area contributed by atoms with Crippen LogP contribution < -0.4 is 0 Å². The minimum absolute atomic E-state index is 0. The van der Waals surface area contributed by atoms with Gasteiger partial charge in [0, 0.05) is 0 Å². The molecule has 0 nitrogen and oxygen atoms in total. The van der Waals surface area contributed by atoms with Crippen LogP contribution in [0.3, 0.4) is 0 Å². The monoisotopic (exact) mass is 318 g/mol. The Morgan fingerprint density at radius 1 is 0.857 bits per heavy atom. The van der Waals surface area contributed by atoms with Gasteiger partial charge in [-0.1, -0.05) is 37.6 Å². The molecule has 0 N–H and O–H groups in total. The van der Waals surface area contributed by atoms with Gasteiger partial charge < -0.3 is 0 Å². The maximum atomic E-state index is 2.25. The Morgan fingerprint density at radius 3 is 2.05 bits per heavy atom. The molecule has 0 saturated heterocycles. The van der Waals surface area contributed by atoms with Crippen LogP contribution in [0.2, 0.25) is 0 Å². The van der Waals surface area contributed by atoms with Crippen molar-refractivity contribution < 1.29 is 17.1 Å². The molecule has 0 spiro atoms. The van der Waals surface area contributed by atoms with E-state index in [4.69, 9.17) is 0 Å². The van der Waals surface area contributed by atoms with Crippen LogP contribution in [-0.2, 0) is 23.5 Å².